The van der Waals surface area contributed by atoms with Crippen molar-refractivity contribution in [1.82, 2.24) is 15.5 Å². The highest BCUT2D eigenvalue weighted by molar-refractivity contribution is 6.13. The fourth-order valence-electron chi connectivity index (χ4n) is 3.31. The summed E-state index contributed by atoms with van der Waals surface area (Å²) < 4.78 is 5.28. The van der Waals surface area contributed by atoms with Crippen LogP contribution in [0.2, 0.25) is 0 Å². The fourth-order valence-corrected chi connectivity index (χ4v) is 3.31. The standard InChI is InChI=1S/C27H36N4O7/c1-16(2)23(30-20(32)13-14-31-21(33)11-12-22(31)34)25(36)28-17(3)24(35)29-19-9-7-18(8-10-19)15-38-26(37)27(4,5)6/h7-12,16-17,23H,13-15H2,1-6H3,(H,28,36)(H,29,35)(H,30,32)/t17-,23-/m0/s1. The van der Waals surface area contributed by atoms with E-state index in [-0.39, 0.29) is 31.5 Å². The first-order valence-corrected chi connectivity index (χ1v) is 12.4. The summed E-state index contributed by atoms with van der Waals surface area (Å²) in [5, 5.41) is 7.92. The van der Waals surface area contributed by atoms with Crippen molar-refractivity contribution in [3.63, 3.8) is 0 Å². The molecule has 1 aliphatic heterocycles. The fraction of sp³-hybridized carbons (Fsp3) is 0.481. The average Bonchev–Trinajstić information content (AvgIpc) is 3.16. The largest absolute Gasteiger partial charge is 0.460 e. The number of hydrogen-bond donors (Lipinski definition) is 3. The number of esters is 1. The molecule has 2 atom stereocenters. The summed E-state index contributed by atoms with van der Waals surface area (Å²) in [7, 11) is 0. The van der Waals surface area contributed by atoms with Crippen molar-refractivity contribution in [2.75, 3.05) is 11.9 Å². The molecule has 206 valence electrons. The highest BCUT2D eigenvalue weighted by Gasteiger charge is 2.29. The molecule has 0 spiro atoms. The Morgan fingerprint density at radius 3 is 2.00 bits per heavy atom. The molecule has 11 nitrogen and oxygen atoms in total. The van der Waals surface area contributed by atoms with Gasteiger partial charge < -0.3 is 20.7 Å². The summed E-state index contributed by atoms with van der Waals surface area (Å²) in [5.74, 6) is -3.08. The van der Waals surface area contributed by atoms with Crippen LogP contribution < -0.4 is 16.0 Å². The van der Waals surface area contributed by atoms with Crippen LogP contribution >= 0.6 is 0 Å². The second-order valence-corrected chi connectivity index (χ2v) is 10.4. The molecule has 0 bridgehead atoms. The smallest absolute Gasteiger partial charge is 0.311 e. The van der Waals surface area contributed by atoms with E-state index in [9.17, 15) is 28.8 Å². The summed E-state index contributed by atoms with van der Waals surface area (Å²) in [6.45, 7) is 10.3. The normalized spacial score (nSPS) is 14.8. The molecular formula is C27H36N4O7. The second-order valence-electron chi connectivity index (χ2n) is 10.4. The van der Waals surface area contributed by atoms with Crippen LogP contribution in [0.5, 0.6) is 0 Å². The number of imide groups is 1. The molecule has 1 aliphatic rings. The quantitative estimate of drug-likeness (QED) is 0.292. The van der Waals surface area contributed by atoms with Crippen LogP contribution in [0.3, 0.4) is 0 Å². The van der Waals surface area contributed by atoms with E-state index in [1.165, 1.54) is 6.92 Å². The lowest BCUT2D eigenvalue weighted by molar-refractivity contribution is -0.154. The Kier molecular flexibility index (Phi) is 10.3. The van der Waals surface area contributed by atoms with Gasteiger partial charge in [0, 0.05) is 30.8 Å². The summed E-state index contributed by atoms with van der Waals surface area (Å²) in [5.41, 5.74) is 0.654. The third-order valence-corrected chi connectivity index (χ3v) is 5.68. The van der Waals surface area contributed by atoms with E-state index < -0.39 is 47.0 Å². The van der Waals surface area contributed by atoms with Gasteiger partial charge in [-0.25, -0.2) is 0 Å². The van der Waals surface area contributed by atoms with Crippen molar-refractivity contribution in [2.45, 2.75) is 66.7 Å². The summed E-state index contributed by atoms with van der Waals surface area (Å²) in [6.07, 6.45) is 2.11. The predicted molar refractivity (Wildman–Crippen MR) is 139 cm³/mol. The van der Waals surface area contributed by atoms with E-state index in [2.05, 4.69) is 16.0 Å². The zero-order valence-electron chi connectivity index (χ0n) is 22.6. The Morgan fingerprint density at radius 1 is 0.895 bits per heavy atom. The van der Waals surface area contributed by atoms with Crippen molar-refractivity contribution < 1.29 is 33.5 Å². The number of ether oxygens (including phenoxy) is 1. The Morgan fingerprint density at radius 2 is 1.47 bits per heavy atom. The Hall–Kier alpha value is -4.02. The number of rotatable bonds is 11. The minimum absolute atomic E-state index is 0.0977. The maximum Gasteiger partial charge on any atom is 0.311 e. The van der Waals surface area contributed by atoms with Gasteiger partial charge in [0.15, 0.2) is 0 Å². The lowest BCUT2D eigenvalue weighted by atomic mass is 9.97. The predicted octanol–water partition coefficient (Wildman–Crippen LogP) is 1.68. The molecular weight excluding hydrogens is 492 g/mol. The minimum atomic E-state index is -0.920. The molecule has 38 heavy (non-hydrogen) atoms. The number of benzene rings is 1. The summed E-state index contributed by atoms with van der Waals surface area (Å²) in [6, 6.07) is 4.94. The van der Waals surface area contributed by atoms with Crippen LogP contribution in [0.25, 0.3) is 0 Å². The Balaban J connectivity index is 1.85. The zero-order valence-corrected chi connectivity index (χ0v) is 22.6. The molecule has 3 N–H and O–H groups in total. The van der Waals surface area contributed by atoms with Gasteiger partial charge in [-0.05, 0) is 51.3 Å². The number of nitrogens with zero attached hydrogens (tertiary/aromatic N) is 1. The van der Waals surface area contributed by atoms with Crippen molar-refractivity contribution in [3.8, 4) is 0 Å². The first-order valence-electron chi connectivity index (χ1n) is 12.4. The van der Waals surface area contributed by atoms with Gasteiger partial charge >= 0.3 is 5.97 Å². The SMILES string of the molecule is CC(C)[C@H](NC(=O)CCN1C(=O)C=CC1=O)C(=O)N[C@@H](C)C(=O)Nc1ccc(COC(=O)C(C)(C)C)cc1. The van der Waals surface area contributed by atoms with E-state index in [4.69, 9.17) is 4.74 Å². The third kappa shape index (κ3) is 8.82. The maximum atomic E-state index is 12.8. The third-order valence-electron chi connectivity index (χ3n) is 5.68. The van der Waals surface area contributed by atoms with E-state index in [0.29, 0.717) is 5.69 Å². The number of carbonyl (C=O) groups is 6. The van der Waals surface area contributed by atoms with E-state index in [0.717, 1.165) is 22.6 Å². The average molecular weight is 529 g/mol. The molecule has 0 saturated carbocycles. The van der Waals surface area contributed by atoms with Crippen molar-refractivity contribution in [1.29, 1.82) is 0 Å². The molecule has 0 saturated heterocycles. The van der Waals surface area contributed by atoms with Gasteiger partial charge in [-0.3, -0.25) is 33.7 Å². The van der Waals surface area contributed by atoms with Crippen LogP contribution in [-0.2, 0) is 40.1 Å². The lowest BCUT2D eigenvalue weighted by Crippen LogP contribution is -2.54. The summed E-state index contributed by atoms with van der Waals surface area (Å²) in [4.78, 5) is 73.9. The van der Waals surface area contributed by atoms with E-state index >= 15 is 0 Å². The van der Waals surface area contributed by atoms with Gasteiger partial charge in [-0.15, -0.1) is 0 Å². The van der Waals surface area contributed by atoms with Gasteiger partial charge in [0.05, 0.1) is 5.41 Å². The van der Waals surface area contributed by atoms with E-state index in [1.807, 2.05) is 0 Å². The minimum Gasteiger partial charge on any atom is -0.460 e. The van der Waals surface area contributed by atoms with Gasteiger partial charge in [0.25, 0.3) is 11.8 Å². The van der Waals surface area contributed by atoms with Crippen LogP contribution in [0.1, 0.15) is 53.5 Å². The number of hydrogen-bond acceptors (Lipinski definition) is 7. The molecule has 0 radical (unpaired) electrons. The number of carbonyl (C=O) groups excluding carboxylic acids is 6. The molecule has 1 heterocycles. The van der Waals surface area contributed by atoms with E-state index in [1.54, 1.807) is 58.9 Å². The monoisotopic (exact) mass is 528 g/mol. The zero-order chi connectivity index (χ0) is 28.6. The highest BCUT2D eigenvalue weighted by atomic mass is 16.5. The van der Waals surface area contributed by atoms with Crippen molar-refractivity contribution in [3.05, 3.63) is 42.0 Å². The topological polar surface area (TPSA) is 151 Å². The molecule has 0 fully saturated rings. The molecule has 2 rings (SSSR count). The van der Waals surface area contributed by atoms with Gasteiger partial charge in [0.1, 0.15) is 18.7 Å². The highest BCUT2D eigenvalue weighted by Crippen LogP contribution is 2.17. The first-order chi connectivity index (χ1) is 17.7. The number of anilines is 1. The van der Waals surface area contributed by atoms with Gasteiger partial charge in [0.2, 0.25) is 17.7 Å². The molecule has 0 aromatic heterocycles. The maximum absolute atomic E-state index is 12.8. The molecule has 5 amide bonds. The molecule has 11 heteroatoms. The van der Waals surface area contributed by atoms with Crippen molar-refractivity contribution >= 4 is 41.2 Å². The van der Waals surface area contributed by atoms with Crippen LogP contribution in [0.4, 0.5) is 5.69 Å². The van der Waals surface area contributed by atoms with Gasteiger partial charge in [-0.2, -0.15) is 0 Å². The van der Waals surface area contributed by atoms with Crippen LogP contribution in [-0.4, -0.2) is 59.0 Å². The number of amides is 5. The van der Waals surface area contributed by atoms with Gasteiger partial charge in [-0.1, -0.05) is 26.0 Å². The Bertz CT molecular complexity index is 1090. The second kappa shape index (κ2) is 13.0. The molecule has 0 unspecified atom stereocenters. The molecule has 0 aliphatic carbocycles. The lowest BCUT2D eigenvalue weighted by Gasteiger charge is -2.24. The number of nitrogens with one attached hydrogen (secondary N) is 3. The first kappa shape index (κ1) is 30.2. The summed E-state index contributed by atoms with van der Waals surface area (Å²) >= 11 is 0. The van der Waals surface area contributed by atoms with Crippen LogP contribution in [0, 0.1) is 11.3 Å². The Labute approximate surface area is 222 Å². The molecule has 1 aromatic rings. The molecule has 1 aromatic carbocycles. The van der Waals surface area contributed by atoms with Crippen LogP contribution in [0.15, 0.2) is 36.4 Å². The van der Waals surface area contributed by atoms with Crippen molar-refractivity contribution in [2.24, 2.45) is 11.3 Å².